The Kier molecular flexibility index (Phi) is 5.23. The Morgan fingerprint density at radius 2 is 2.00 bits per heavy atom. The van der Waals surface area contributed by atoms with Gasteiger partial charge in [-0.1, -0.05) is 30.3 Å². The summed E-state index contributed by atoms with van der Waals surface area (Å²) in [5, 5.41) is 6.06. The third-order valence-electron chi connectivity index (χ3n) is 5.30. The first kappa shape index (κ1) is 17.4. The third-order valence-corrected chi connectivity index (χ3v) is 6.24. The first-order valence-corrected chi connectivity index (χ1v) is 9.13. The third kappa shape index (κ3) is 3.21. The minimum atomic E-state index is 0. The molecule has 0 spiro atoms. The molecule has 0 saturated heterocycles. The molecule has 24 heavy (non-hydrogen) atoms. The molecule has 4 atom stereocenters. The number of nitrogens with one attached hydrogen (secondary N) is 1. The van der Waals surface area contributed by atoms with Gasteiger partial charge in [0.2, 0.25) is 5.91 Å². The Bertz CT molecular complexity index is 703. The lowest BCUT2D eigenvalue weighted by Gasteiger charge is -2.26. The van der Waals surface area contributed by atoms with Crippen molar-refractivity contribution in [2.24, 2.45) is 23.5 Å². The van der Waals surface area contributed by atoms with Gasteiger partial charge in [0.05, 0.1) is 18.2 Å². The van der Waals surface area contributed by atoms with Crippen molar-refractivity contribution in [1.82, 2.24) is 10.3 Å². The van der Waals surface area contributed by atoms with Crippen LogP contribution in [0.2, 0.25) is 0 Å². The van der Waals surface area contributed by atoms with Gasteiger partial charge in [-0.3, -0.25) is 4.79 Å². The number of nitrogens with zero attached hydrogens (tertiary/aromatic N) is 1. The van der Waals surface area contributed by atoms with Crippen molar-refractivity contribution < 1.29 is 4.79 Å². The molecule has 1 aromatic heterocycles. The van der Waals surface area contributed by atoms with Gasteiger partial charge in [0.25, 0.3) is 0 Å². The van der Waals surface area contributed by atoms with E-state index >= 15 is 0 Å². The summed E-state index contributed by atoms with van der Waals surface area (Å²) < 4.78 is 0. The number of aromatic nitrogens is 1. The van der Waals surface area contributed by atoms with E-state index in [-0.39, 0.29) is 30.3 Å². The number of carbonyl (C=O) groups excluding carboxylic acids is 1. The molecule has 128 valence electrons. The van der Waals surface area contributed by atoms with Crippen LogP contribution in [0.3, 0.4) is 0 Å². The quantitative estimate of drug-likeness (QED) is 0.876. The lowest BCUT2D eigenvalue weighted by atomic mass is 9.84. The zero-order chi connectivity index (χ0) is 15.8. The first-order valence-electron chi connectivity index (χ1n) is 8.25. The highest BCUT2D eigenvalue weighted by Crippen LogP contribution is 2.47. The number of benzene rings is 1. The molecule has 4 rings (SSSR count). The largest absolute Gasteiger partial charge is 0.350 e. The number of nitrogens with two attached hydrogens (primary N) is 1. The van der Waals surface area contributed by atoms with E-state index in [1.54, 1.807) is 11.3 Å². The van der Waals surface area contributed by atoms with Crippen molar-refractivity contribution in [3.05, 3.63) is 41.4 Å². The van der Waals surface area contributed by atoms with Gasteiger partial charge in [-0.15, -0.1) is 23.7 Å². The number of hydrogen-bond donors (Lipinski definition) is 2. The van der Waals surface area contributed by atoms with Crippen LogP contribution in [-0.4, -0.2) is 16.9 Å². The monoisotopic (exact) mass is 363 g/mol. The molecule has 2 aliphatic rings. The van der Waals surface area contributed by atoms with E-state index in [1.807, 2.05) is 23.6 Å². The van der Waals surface area contributed by atoms with Crippen LogP contribution in [0.1, 0.15) is 25.0 Å². The van der Waals surface area contributed by atoms with Gasteiger partial charge >= 0.3 is 0 Å². The van der Waals surface area contributed by atoms with E-state index in [9.17, 15) is 4.79 Å². The van der Waals surface area contributed by atoms with Crippen molar-refractivity contribution in [2.75, 3.05) is 0 Å². The highest BCUT2D eigenvalue weighted by atomic mass is 35.5. The van der Waals surface area contributed by atoms with Gasteiger partial charge in [0.15, 0.2) is 0 Å². The summed E-state index contributed by atoms with van der Waals surface area (Å²) in [7, 11) is 0. The Morgan fingerprint density at radius 1 is 1.25 bits per heavy atom. The maximum absolute atomic E-state index is 12.5. The molecule has 2 bridgehead atoms. The number of hydrogen-bond acceptors (Lipinski definition) is 4. The van der Waals surface area contributed by atoms with Gasteiger partial charge in [-0.05, 0) is 31.1 Å². The average molecular weight is 364 g/mol. The van der Waals surface area contributed by atoms with Gasteiger partial charge in [0, 0.05) is 17.0 Å². The normalized spacial score (nSPS) is 27.7. The molecule has 0 radical (unpaired) electrons. The maximum atomic E-state index is 12.5. The summed E-state index contributed by atoms with van der Waals surface area (Å²) in [6.45, 7) is 0.489. The second-order valence-corrected chi connectivity index (χ2v) is 7.52. The molecule has 2 aliphatic carbocycles. The standard InChI is InChI=1S/C18H21N3OS.ClH/c19-16-13-7-6-12(8-13)15(16)17(22)20-9-14-10-23-18(21-14)11-4-2-1-3-5-11;/h1-5,10,12-13,15-16H,6-9,19H2,(H,20,22);1H. The van der Waals surface area contributed by atoms with Crippen molar-refractivity contribution in [2.45, 2.75) is 31.8 Å². The van der Waals surface area contributed by atoms with Crippen molar-refractivity contribution >= 4 is 29.7 Å². The lowest BCUT2D eigenvalue weighted by molar-refractivity contribution is -0.127. The smallest absolute Gasteiger partial charge is 0.225 e. The van der Waals surface area contributed by atoms with E-state index in [4.69, 9.17) is 5.73 Å². The predicted molar refractivity (Wildman–Crippen MR) is 98.9 cm³/mol. The van der Waals surface area contributed by atoms with Crippen LogP contribution in [-0.2, 0) is 11.3 Å². The van der Waals surface area contributed by atoms with Gasteiger partial charge < -0.3 is 11.1 Å². The average Bonchev–Trinajstić information content (AvgIpc) is 3.29. The zero-order valence-corrected chi connectivity index (χ0v) is 15.0. The van der Waals surface area contributed by atoms with Gasteiger partial charge in [0.1, 0.15) is 5.01 Å². The molecule has 2 fully saturated rings. The summed E-state index contributed by atoms with van der Waals surface area (Å²) >= 11 is 1.61. The van der Waals surface area contributed by atoms with Crippen LogP contribution in [0.5, 0.6) is 0 Å². The van der Waals surface area contributed by atoms with Crippen molar-refractivity contribution in [3.8, 4) is 10.6 Å². The fourth-order valence-electron chi connectivity index (χ4n) is 4.12. The number of carbonyl (C=O) groups is 1. The molecular formula is C18H22ClN3OS. The molecule has 6 heteroatoms. The summed E-state index contributed by atoms with van der Waals surface area (Å²) in [5.41, 5.74) is 8.27. The molecule has 1 aromatic carbocycles. The number of halogens is 1. The zero-order valence-electron chi connectivity index (χ0n) is 13.4. The van der Waals surface area contributed by atoms with Crippen LogP contribution < -0.4 is 11.1 Å². The van der Waals surface area contributed by atoms with Crippen LogP contribution in [0.15, 0.2) is 35.7 Å². The Hall–Kier alpha value is -1.43. The first-order chi connectivity index (χ1) is 11.2. The van der Waals surface area contributed by atoms with E-state index in [0.717, 1.165) is 29.1 Å². The molecule has 3 N–H and O–H groups in total. The second-order valence-electron chi connectivity index (χ2n) is 6.66. The van der Waals surface area contributed by atoms with Crippen LogP contribution >= 0.6 is 23.7 Å². The topological polar surface area (TPSA) is 68.0 Å². The number of amides is 1. The van der Waals surface area contributed by atoms with E-state index in [2.05, 4.69) is 22.4 Å². The minimum absolute atomic E-state index is 0. The summed E-state index contributed by atoms with van der Waals surface area (Å²) in [6.07, 6.45) is 3.49. The number of rotatable bonds is 4. The number of fused-ring (bicyclic) bond motifs is 2. The maximum Gasteiger partial charge on any atom is 0.225 e. The number of thiazole rings is 1. The van der Waals surface area contributed by atoms with E-state index in [1.165, 1.54) is 6.42 Å². The van der Waals surface area contributed by atoms with Gasteiger partial charge in [-0.25, -0.2) is 4.98 Å². The molecule has 4 nitrogen and oxygen atoms in total. The molecule has 1 heterocycles. The molecule has 2 aromatic rings. The Balaban J connectivity index is 0.00000169. The second kappa shape index (κ2) is 7.21. The van der Waals surface area contributed by atoms with Crippen LogP contribution in [0.25, 0.3) is 10.6 Å². The van der Waals surface area contributed by atoms with Crippen LogP contribution in [0.4, 0.5) is 0 Å². The lowest BCUT2D eigenvalue weighted by Crippen LogP contribution is -2.45. The van der Waals surface area contributed by atoms with Gasteiger partial charge in [-0.2, -0.15) is 0 Å². The fourth-order valence-corrected chi connectivity index (χ4v) is 4.95. The molecule has 1 amide bonds. The highest BCUT2D eigenvalue weighted by molar-refractivity contribution is 7.13. The Labute approximate surface area is 152 Å². The van der Waals surface area contributed by atoms with Crippen molar-refractivity contribution in [3.63, 3.8) is 0 Å². The SMILES string of the molecule is Cl.NC1C2CCC(C2)C1C(=O)NCc1csc(-c2ccccc2)n1. The predicted octanol–water partition coefficient (Wildman–Crippen LogP) is 3.22. The summed E-state index contributed by atoms with van der Waals surface area (Å²) in [6, 6.07) is 10.2. The van der Waals surface area contributed by atoms with Crippen LogP contribution in [0, 0.1) is 17.8 Å². The van der Waals surface area contributed by atoms with E-state index < -0.39 is 0 Å². The molecule has 4 unspecified atom stereocenters. The summed E-state index contributed by atoms with van der Waals surface area (Å²) in [4.78, 5) is 17.1. The molecule has 0 aliphatic heterocycles. The Morgan fingerprint density at radius 3 is 2.71 bits per heavy atom. The van der Waals surface area contributed by atoms with Crippen molar-refractivity contribution in [1.29, 1.82) is 0 Å². The fraction of sp³-hybridized carbons (Fsp3) is 0.444. The minimum Gasteiger partial charge on any atom is -0.350 e. The highest BCUT2D eigenvalue weighted by Gasteiger charge is 2.48. The van der Waals surface area contributed by atoms with E-state index in [0.29, 0.717) is 18.4 Å². The summed E-state index contributed by atoms with van der Waals surface area (Å²) in [5.74, 6) is 1.16. The molecular weight excluding hydrogens is 342 g/mol. The molecule has 2 saturated carbocycles.